The zero-order chi connectivity index (χ0) is 19.6. The Bertz CT molecular complexity index is 888. The Labute approximate surface area is 162 Å². The van der Waals surface area contributed by atoms with Crippen molar-refractivity contribution in [3.05, 3.63) is 52.8 Å². The summed E-state index contributed by atoms with van der Waals surface area (Å²) in [6, 6.07) is 8.93. The molecule has 0 aliphatic carbocycles. The summed E-state index contributed by atoms with van der Waals surface area (Å²) < 4.78 is 13.1. The van der Waals surface area contributed by atoms with Crippen LogP contribution in [0.15, 0.2) is 36.4 Å². The second kappa shape index (κ2) is 7.96. The van der Waals surface area contributed by atoms with Gasteiger partial charge in [-0.2, -0.15) is 0 Å². The van der Waals surface area contributed by atoms with Crippen molar-refractivity contribution in [1.82, 2.24) is 0 Å². The van der Waals surface area contributed by atoms with E-state index in [-0.39, 0.29) is 16.8 Å². The summed E-state index contributed by atoms with van der Waals surface area (Å²) >= 11 is 5.94. The third-order valence-corrected chi connectivity index (χ3v) is 4.84. The van der Waals surface area contributed by atoms with E-state index in [0.29, 0.717) is 12.1 Å². The molecule has 0 spiro atoms. The van der Waals surface area contributed by atoms with Gasteiger partial charge in [0.05, 0.1) is 10.7 Å². The highest BCUT2D eigenvalue weighted by atomic mass is 35.5. The number of aryl methyl sites for hydroxylation is 1. The van der Waals surface area contributed by atoms with E-state index in [1.54, 1.807) is 11.8 Å². The second-order valence-corrected chi connectivity index (χ2v) is 7.04. The van der Waals surface area contributed by atoms with Gasteiger partial charge in [0, 0.05) is 24.3 Å². The van der Waals surface area contributed by atoms with E-state index in [0.717, 1.165) is 36.0 Å². The monoisotopic (exact) mass is 389 g/mol. The Morgan fingerprint density at radius 2 is 2.04 bits per heavy atom. The Morgan fingerprint density at radius 3 is 2.67 bits per heavy atom. The molecule has 3 rings (SSSR count). The second-order valence-electron chi connectivity index (χ2n) is 6.63. The van der Waals surface area contributed by atoms with Gasteiger partial charge in [-0.25, -0.2) is 4.39 Å². The number of nitrogens with one attached hydrogen (secondary N) is 2. The van der Waals surface area contributed by atoms with Gasteiger partial charge in [-0.05, 0) is 62.2 Å². The zero-order valence-electron chi connectivity index (χ0n) is 15.2. The Kier molecular flexibility index (Phi) is 5.65. The van der Waals surface area contributed by atoms with E-state index in [2.05, 4.69) is 10.6 Å². The molecule has 1 heterocycles. The van der Waals surface area contributed by atoms with Crippen molar-refractivity contribution in [2.24, 2.45) is 0 Å². The van der Waals surface area contributed by atoms with Crippen molar-refractivity contribution >= 4 is 40.5 Å². The summed E-state index contributed by atoms with van der Waals surface area (Å²) in [5.74, 6) is -0.612. The Balaban J connectivity index is 1.66. The summed E-state index contributed by atoms with van der Waals surface area (Å²) in [7, 11) is 0. The smallest absolute Gasteiger partial charge is 0.246 e. The highest BCUT2D eigenvalue weighted by Crippen LogP contribution is 2.28. The molecule has 2 aromatic rings. The highest BCUT2D eigenvalue weighted by Gasteiger charge is 2.23. The van der Waals surface area contributed by atoms with Crippen molar-refractivity contribution < 1.29 is 14.0 Å². The Morgan fingerprint density at radius 1 is 1.26 bits per heavy atom. The lowest BCUT2D eigenvalue weighted by molar-refractivity contribution is -0.117. The van der Waals surface area contributed by atoms with E-state index in [9.17, 15) is 14.0 Å². The van der Waals surface area contributed by atoms with E-state index in [1.165, 1.54) is 12.1 Å². The van der Waals surface area contributed by atoms with Crippen molar-refractivity contribution in [2.75, 3.05) is 22.1 Å². The van der Waals surface area contributed by atoms with Crippen LogP contribution in [0.1, 0.15) is 25.3 Å². The number of nitrogens with zero attached hydrogens (tertiary/aromatic N) is 1. The molecule has 2 aromatic carbocycles. The average Bonchev–Trinajstić information content (AvgIpc) is 3.03. The molecule has 142 valence electrons. The summed E-state index contributed by atoms with van der Waals surface area (Å²) in [6.45, 7) is 4.40. The maximum Gasteiger partial charge on any atom is 0.246 e. The van der Waals surface area contributed by atoms with Crippen LogP contribution in [0, 0.1) is 12.7 Å². The lowest BCUT2D eigenvalue weighted by Crippen LogP contribution is -2.32. The van der Waals surface area contributed by atoms with Crippen LogP contribution in [0.5, 0.6) is 0 Å². The molecular weight excluding hydrogens is 369 g/mol. The van der Waals surface area contributed by atoms with Crippen molar-refractivity contribution in [3.8, 4) is 0 Å². The highest BCUT2D eigenvalue weighted by molar-refractivity contribution is 6.33. The van der Waals surface area contributed by atoms with Crippen LogP contribution in [0.4, 0.5) is 21.5 Å². The third kappa shape index (κ3) is 4.39. The molecule has 0 unspecified atom stereocenters. The lowest BCUT2D eigenvalue weighted by Gasteiger charge is -2.21. The van der Waals surface area contributed by atoms with Crippen LogP contribution in [0.25, 0.3) is 0 Å². The zero-order valence-corrected chi connectivity index (χ0v) is 15.9. The number of halogens is 2. The predicted molar refractivity (Wildman–Crippen MR) is 106 cm³/mol. The summed E-state index contributed by atoms with van der Waals surface area (Å²) in [5.41, 5.74) is 2.99. The first-order chi connectivity index (χ1) is 12.8. The topological polar surface area (TPSA) is 61.4 Å². The number of hydrogen-bond donors (Lipinski definition) is 2. The molecule has 1 fully saturated rings. The number of carbonyl (C=O) groups excluding carboxylic acids is 2. The van der Waals surface area contributed by atoms with Crippen LogP contribution in [0.2, 0.25) is 5.02 Å². The molecule has 1 aliphatic heterocycles. The average molecular weight is 390 g/mol. The third-order valence-electron chi connectivity index (χ3n) is 4.53. The van der Waals surface area contributed by atoms with Gasteiger partial charge < -0.3 is 15.5 Å². The maximum absolute atomic E-state index is 13.1. The van der Waals surface area contributed by atoms with Crippen LogP contribution in [0.3, 0.4) is 0 Å². The lowest BCUT2D eigenvalue weighted by atomic mass is 10.1. The van der Waals surface area contributed by atoms with Crippen molar-refractivity contribution in [3.63, 3.8) is 0 Å². The summed E-state index contributed by atoms with van der Waals surface area (Å²) in [6.07, 6.45) is 1.46. The number of rotatable bonds is 5. The molecule has 1 aliphatic rings. The fourth-order valence-corrected chi connectivity index (χ4v) is 3.31. The van der Waals surface area contributed by atoms with Gasteiger partial charge in [0.1, 0.15) is 11.9 Å². The summed E-state index contributed by atoms with van der Waals surface area (Å²) in [4.78, 5) is 26.1. The first-order valence-electron chi connectivity index (χ1n) is 8.78. The minimum atomic E-state index is -0.537. The standard InChI is InChI=1S/C20H21ClFN3O2/c1-12-10-15(6-8-18(12)25-9-3-4-19(25)26)23-13(2)20(27)24-17-7-5-14(22)11-16(17)21/h5-8,10-11,13,23H,3-4,9H2,1-2H3,(H,24,27)/t13-/m0/s1. The van der Waals surface area contributed by atoms with Gasteiger partial charge in [-0.15, -0.1) is 0 Å². The molecular formula is C20H21ClFN3O2. The van der Waals surface area contributed by atoms with Crippen LogP contribution >= 0.6 is 11.6 Å². The minimum absolute atomic E-state index is 0.141. The molecule has 2 amide bonds. The van der Waals surface area contributed by atoms with E-state index < -0.39 is 11.9 Å². The fourth-order valence-electron chi connectivity index (χ4n) is 3.10. The largest absolute Gasteiger partial charge is 0.374 e. The first kappa shape index (κ1) is 19.2. The van der Waals surface area contributed by atoms with Crippen LogP contribution in [-0.2, 0) is 9.59 Å². The van der Waals surface area contributed by atoms with E-state index in [4.69, 9.17) is 11.6 Å². The van der Waals surface area contributed by atoms with Crippen molar-refractivity contribution in [2.45, 2.75) is 32.7 Å². The van der Waals surface area contributed by atoms with Gasteiger partial charge in [0.2, 0.25) is 11.8 Å². The maximum atomic E-state index is 13.1. The van der Waals surface area contributed by atoms with Gasteiger partial charge in [-0.1, -0.05) is 11.6 Å². The van der Waals surface area contributed by atoms with Gasteiger partial charge in [0.25, 0.3) is 0 Å². The molecule has 7 heteroatoms. The van der Waals surface area contributed by atoms with Gasteiger partial charge in [-0.3, -0.25) is 9.59 Å². The van der Waals surface area contributed by atoms with Gasteiger partial charge in [0.15, 0.2) is 0 Å². The number of carbonyl (C=O) groups is 2. The molecule has 1 atom stereocenters. The predicted octanol–water partition coefficient (Wildman–Crippen LogP) is 4.35. The molecule has 5 nitrogen and oxygen atoms in total. The molecule has 0 bridgehead atoms. The number of benzene rings is 2. The van der Waals surface area contributed by atoms with E-state index >= 15 is 0 Å². The van der Waals surface area contributed by atoms with Crippen LogP contribution in [-0.4, -0.2) is 24.4 Å². The SMILES string of the molecule is Cc1cc(N[C@@H](C)C(=O)Nc2ccc(F)cc2Cl)ccc1N1CCCC1=O. The van der Waals surface area contributed by atoms with Crippen molar-refractivity contribution in [1.29, 1.82) is 0 Å². The molecule has 27 heavy (non-hydrogen) atoms. The minimum Gasteiger partial charge on any atom is -0.374 e. The summed E-state index contributed by atoms with van der Waals surface area (Å²) in [5, 5.41) is 5.96. The quantitative estimate of drug-likeness (QED) is 0.799. The number of amides is 2. The Hall–Kier alpha value is -2.60. The van der Waals surface area contributed by atoms with Gasteiger partial charge >= 0.3 is 0 Å². The normalized spacial score (nSPS) is 15.0. The molecule has 0 aromatic heterocycles. The first-order valence-corrected chi connectivity index (χ1v) is 9.16. The van der Waals surface area contributed by atoms with Crippen LogP contribution < -0.4 is 15.5 Å². The molecule has 1 saturated heterocycles. The fraction of sp³-hybridized carbons (Fsp3) is 0.300. The molecule has 2 N–H and O–H groups in total. The van der Waals surface area contributed by atoms with E-state index in [1.807, 2.05) is 25.1 Å². The molecule has 0 saturated carbocycles. The molecule has 0 radical (unpaired) electrons. The number of hydrogen-bond acceptors (Lipinski definition) is 3. The number of anilines is 3.